The van der Waals surface area contributed by atoms with Gasteiger partial charge in [0.15, 0.2) is 0 Å². The number of allylic oxidation sites excluding steroid dienone is 1. The summed E-state index contributed by atoms with van der Waals surface area (Å²) in [6, 6.07) is 4.21. The number of hydrogen-bond acceptors (Lipinski definition) is 2. The van der Waals surface area contributed by atoms with Gasteiger partial charge in [0.05, 0.1) is 0 Å². The third kappa shape index (κ3) is 3.69. The van der Waals surface area contributed by atoms with Gasteiger partial charge in [-0.3, -0.25) is 0 Å². The van der Waals surface area contributed by atoms with Crippen LogP contribution in [0.25, 0.3) is 0 Å². The molecule has 0 bridgehead atoms. The van der Waals surface area contributed by atoms with Crippen molar-refractivity contribution in [3.63, 3.8) is 0 Å². The summed E-state index contributed by atoms with van der Waals surface area (Å²) in [6.45, 7) is 7.33. The van der Waals surface area contributed by atoms with E-state index in [2.05, 4.69) is 11.3 Å². The van der Waals surface area contributed by atoms with E-state index in [1.807, 2.05) is 6.92 Å². The molecule has 0 unspecified atom stereocenters. The van der Waals surface area contributed by atoms with E-state index in [0.29, 0.717) is 5.69 Å². The number of anilines is 1. The zero-order valence-electron chi connectivity index (χ0n) is 9.93. The van der Waals surface area contributed by atoms with Crippen LogP contribution in [0.3, 0.4) is 0 Å². The monoisotopic (exact) mass is 245 g/mol. The smallest absolute Gasteiger partial charge is 0.406 e. The molecule has 0 N–H and O–H groups in total. The fraction of sp³-hybridized carbons (Fsp3) is 0.333. The summed E-state index contributed by atoms with van der Waals surface area (Å²) in [7, 11) is 1.74. The molecule has 17 heavy (non-hydrogen) atoms. The molecule has 0 spiro atoms. The van der Waals surface area contributed by atoms with Crippen LogP contribution in [-0.4, -0.2) is 13.4 Å². The molecule has 0 atom stereocenters. The molecule has 0 fully saturated rings. The van der Waals surface area contributed by atoms with Crippen LogP contribution in [-0.2, 0) is 0 Å². The molecule has 1 rings (SSSR count). The molecule has 0 saturated carbocycles. The first kappa shape index (κ1) is 13.4. The predicted octanol–water partition coefficient (Wildman–Crippen LogP) is 3.86. The molecule has 5 heteroatoms. The lowest BCUT2D eigenvalue weighted by molar-refractivity contribution is -0.274. The highest BCUT2D eigenvalue weighted by atomic mass is 19.4. The average molecular weight is 245 g/mol. The Kier molecular flexibility index (Phi) is 3.70. The SMILES string of the molecule is C=C(C)N(C)c1cc(OC(F)(F)F)ccc1C. The summed E-state index contributed by atoms with van der Waals surface area (Å²) >= 11 is 0. The highest BCUT2D eigenvalue weighted by Crippen LogP contribution is 2.30. The first-order valence-corrected chi connectivity index (χ1v) is 4.96. The van der Waals surface area contributed by atoms with Crippen LogP contribution in [0.15, 0.2) is 30.5 Å². The third-order valence-electron chi connectivity index (χ3n) is 2.35. The third-order valence-corrected chi connectivity index (χ3v) is 2.35. The second-order valence-corrected chi connectivity index (χ2v) is 3.79. The van der Waals surface area contributed by atoms with Crippen molar-refractivity contribution in [2.24, 2.45) is 0 Å². The normalized spacial score (nSPS) is 11.2. The van der Waals surface area contributed by atoms with Crippen LogP contribution in [0.4, 0.5) is 18.9 Å². The minimum Gasteiger partial charge on any atom is -0.406 e. The van der Waals surface area contributed by atoms with Crippen molar-refractivity contribution in [3.05, 3.63) is 36.0 Å². The lowest BCUT2D eigenvalue weighted by Gasteiger charge is -2.22. The summed E-state index contributed by atoms with van der Waals surface area (Å²) < 4.78 is 40.1. The molecular formula is C12H14F3NO. The zero-order chi connectivity index (χ0) is 13.2. The highest BCUT2D eigenvalue weighted by Gasteiger charge is 2.31. The number of benzene rings is 1. The van der Waals surface area contributed by atoms with Gasteiger partial charge in [-0.15, -0.1) is 13.2 Å². The minimum absolute atomic E-state index is 0.230. The van der Waals surface area contributed by atoms with E-state index in [1.54, 1.807) is 24.9 Å². The highest BCUT2D eigenvalue weighted by molar-refractivity contribution is 5.59. The molecule has 0 aliphatic carbocycles. The number of hydrogen-bond donors (Lipinski definition) is 0. The maximum atomic E-state index is 12.1. The van der Waals surface area contributed by atoms with Gasteiger partial charge in [-0.25, -0.2) is 0 Å². The number of rotatable bonds is 3. The first-order chi connectivity index (χ1) is 7.70. The Morgan fingerprint density at radius 1 is 1.35 bits per heavy atom. The van der Waals surface area contributed by atoms with Crippen molar-refractivity contribution in [1.82, 2.24) is 0 Å². The van der Waals surface area contributed by atoms with Gasteiger partial charge in [0.1, 0.15) is 5.75 Å². The van der Waals surface area contributed by atoms with E-state index in [0.717, 1.165) is 11.3 Å². The van der Waals surface area contributed by atoms with Crippen molar-refractivity contribution in [2.75, 3.05) is 11.9 Å². The van der Waals surface area contributed by atoms with E-state index in [1.165, 1.54) is 12.1 Å². The summed E-state index contributed by atoms with van der Waals surface area (Å²) in [4.78, 5) is 1.71. The first-order valence-electron chi connectivity index (χ1n) is 4.96. The Morgan fingerprint density at radius 3 is 2.41 bits per heavy atom. The van der Waals surface area contributed by atoms with Gasteiger partial charge < -0.3 is 9.64 Å². The quantitative estimate of drug-likeness (QED) is 0.801. The summed E-state index contributed by atoms with van der Waals surface area (Å²) in [5, 5.41) is 0. The number of aryl methyl sites for hydroxylation is 1. The fourth-order valence-corrected chi connectivity index (χ4v) is 1.35. The Labute approximate surface area is 98.3 Å². The number of ether oxygens (including phenoxy) is 1. The second kappa shape index (κ2) is 4.69. The van der Waals surface area contributed by atoms with Gasteiger partial charge in [0, 0.05) is 24.5 Å². The summed E-state index contributed by atoms with van der Waals surface area (Å²) in [5.41, 5.74) is 2.22. The Balaban J connectivity index is 3.06. The average Bonchev–Trinajstić information content (AvgIpc) is 2.17. The van der Waals surface area contributed by atoms with E-state index >= 15 is 0 Å². The van der Waals surface area contributed by atoms with Crippen LogP contribution in [0.2, 0.25) is 0 Å². The molecule has 0 saturated heterocycles. The molecule has 0 aromatic heterocycles. The van der Waals surface area contributed by atoms with E-state index in [-0.39, 0.29) is 5.75 Å². The van der Waals surface area contributed by atoms with Crippen LogP contribution >= 0.6 is 0 Å². The molecular weight excluding hydrogens is 231 g/mol. The maximum absolute atomic E-state index is 12.1. The molecule has 0 radical (unpaired) electrons. The largest absolute Gasteiger partial charge is 0.573 e. The molecule has 0 aliphatic rings. The van der Waals surface area contributed by atoms with Crippen LogP contribution in [0.1, 0.15) is 12.5 Å². The lowest BCUT2D eigenvalue weighted by atomic mass is 10.1. The van der Waals surface area contributed by atoms with Gasteiger partial charge in [0.25, 0.3) is 0 Å². The predicted molar refractivity (Wildman–Crippen MR) is 61.1 cm³/mol. The van der Waals surface area contributed by atoms with Crippen molar-refractivity contribution in [2.45, 2.75) is 20.2 Å². The van der Waals surface area contributed by atoms with Crippen molar-refractivity contribution < 1.29 is 17.9 Å². The second-order valence-electron chi connectivity index (χ2n) is 3.79. The van der Waals surface area contributed by atoms with E-state index in [4.69, 9.17) is 0 Å². The molecule has 0 heterocycles. The molecule has 0 aliphatic heterocycles. The van der Waals surface area contributed by atoms with E-state index < -0.39 is 6.36 Å². The van der Waals surface area contributed by atoms with Crippen LogP contribution in [0.5, 0.6) is 5.75 Å². The molecule has 0 amide bonds. The van der Waals surface area contributed by atoms with Gasteiger partial charge >= 0.3 is 6.36 Å². The maximum Gasteiger partial charge on any atom is 0.573 e. The number of halogens is 3. The Hall–Kier alpha value is -1.65. The lowest BCUT2D eigenvalue weighted by Crippen LogP contribution is -2.18. The Bertz CT molecular complexity index is 426. The van der Waals surface area contributed by atoms with Crippen molar-refractivity contribution >= 4 is 5.69 Å². The van der Waals surface area contributed by atoms with Crippen LogP contribution < -0.4 is 9.64 Å². The van der Waals surface area contributed by atoms with Crippen molar-refractivity contribution in [1.29, 1.82) is 0 Å². The molecule has 1 aromatic rings. The zero-order valence-corrected chi connectivity index (χ0v) is 9.93. The van der Waals surface area contributed by atoms with Gasteiger partial charge in [-0.1, -0.05) is 12.6 Å². The number of alkyl halides is 3. The topological polar surface area (TPSA) is 12.5 Å². The summed E-state index contributed by atoms with van der Waals surface area (Å²) in [6.07, 6.45) is -4.67. The molecule has 1 aromatic carbocycles. The van der Waals surface area contributed by atoms with Gasteiger partial charge in [-0.05, 0) is 25.5 Å². The Morgan fingerprint density at radius 2 is 1.94 bits per heavy atom. The van der Waals surface area contributed by atoms with Gasteiger partial charge in [-0.2, -0.15) is 0 Å². The van der Waals surface area contributed by atoms with Crippen LogP contribution in [0, 0.1) is 6.92 Å². The standard InChI is InChI=1S/C12H14F3NO/c1-8(2)16(4)11-7-10(6-5-9(11)3)17-12(13,14)15/h5-7H,1H2,2-4H3. The van der Waals surface area contributed by atoms with Gasteiger partial charge in [0.2, 0.25) is 0 Å². The fourth-order valence-electron chi connectivity index (χ4n) is 1.35. The molecule has 2 nitrogen and oxygen atoms in total. The van der Waals surface area contributed by atoms with Crippen molar-refractivity contribution in [3.8, 4) is 5.75 Å². The minimum atomic E-state index is -4.67. The molecule has 94 valence electrons. The number of nitrogens with zero attached hydrogens (tertiary/aromatic N) is 1. The van der Waals surface area contributed by atoms with E-state index in [9.17, 15) is 13.2 Å². The summed E-state index contributed by atoms with van der Waals surface area (Å²) in [5.74, 6) is -0.230.